The van der Waals surface area contributed by atoms with Crippen molar-refractivity contribution in [2.75, 3.05) is 14.2 Å². The molecule has 0 spiro atoms. The fourth-order valence-electron chi connectivity index (χ4n) is 1.89. The molecule has 0 N–H and O–H groups in total. The number of ether oxygens (including phenoxy) is 2. The summed E-state index contributed by atoms with van der Waals surface area (Å²) in [6, 6.07) is 6.88. The molecule has 0 bridgehead atoms. The molecule has 2 aromatic rings. The van der Waals surface area contributed by atoms with Crippen molar-refractivity contribution in [3.05, 3.63) is 57.9 Å². The van der Waals surface area contributed by atoms with Crippen molar-refractivity contribution in [2.45, 2.75) is 0 Å². The maximum atomic E-state index is 11.9. The van der Waals surface area contributed by atoms with Crippen molar-refractivity contribution >= 4 is 11.9 Å². The summed E-state index contributed by atoms with van der Waals surface area (Å²) < 4.78 is 14.6. The molecule has 0 fully saturated rings. The highest BCUT2D eigenvalue weighted by Crippen LogP contribution is 2.28. The number of carbonyl (C=O) groups excluding carboxylic acids is 2. The zero-order chi connectivity index (χ0) is 15.4. The average Bonchev–Trinajstić information content (AvgIpc) is 2.52. The summed E-state index contributed by atoms with van der Waals surface area (Å²) in [6.45, 7) is 0. The van der Waals surface area contributed by atoms with Crippen LogP contribution in [0.5, 0.6) is 0 Å². The van der Waals surface area contributed by atoms with E-state index in [-0.39, 0.29) is 27.9 Å². The Morgan fingerprint density at radius 1 is 1.00 bits per heavy atom. The highest BCUT2D eigenvalue weighted by Gasteiger charge is 2.23. The maximum Gasteiger partial charge on any atom is 0.338 e. The van der Waals surface area contributed by atoms with E-state index in [1.54, 1.807) is 0 Å². The Bertz CT molecular complexity index is 710. The molecular weight excluding hydrogens is 276 g/mol. The van der Waals surface area contributed by atoms with Gasteiger partial charge in [0.05, 0.1) is 31.6 Å². The molecule has 1 aromatic carbocycles. The number of esters is 2. The first-order chi connectivity index (χ1) is 10.1. The number of carbonyl (C=O) groups is 2. The van der Waals surface area contributed by atoms with Gasteiger partial charge in [0.1, 0.15) is 5.76 Å². The first kappa shape index (κ1) is 14.5. The number of benzene rings is 1. The highest BCUT2D eigenvalue weighted by molar-refractivity contribution is 6.05. The smallest absolute Gasteiger partial charge is 0.338 e. The van der Waals surface area contributed by atoms with E-state index >= 15 is 0 Å². The minimum atomic E-state index is -0.651. The van der Waals surface area contributed by atoms with Gasteiger partial charge in [0.15, 0.2) is 5.43 Å². The molecular formula is C15H12O6. The van der Waals surface area contributed by atoms with Gasteiger partial charge in [0.2, 0.25) is 0 Å². The van der Waals surface area contributed by atoms with E-state index in [4.69, 9.17) is 4.42 Å². The van der Waals surface area contributed by atoms with Gasteiger partial charge in [0, 0.05) is 17.7 Å². The van der Waals surface area contributed by atoms with Crippen LogP contribution in [-0.2, 0) is 9.47 Å². The Hall–Kier alpha value is -2.89. The van der Waals surface area contributed by atoms with Crippen molar-refractivity contribution in [1.82, 2.24) is 0 Å². The molecule has 1 heterocycles. The maximum absolute atomic E-state index is 11.9. The van der Waals surface area contributed by atoms with Crippen LogP contribution in [0.15, 0.2) is 45.8 Å². The van der Waals surface area contributed by atoms with Gasteiger partial charge in [-0.25, -0.2) is 9.59 Å². The second-order valence-electron chi connectivity index (χ2n) is 4.04. The summed E-state index contributed by atoms with van der Waals surface area (Å²) >= 11 is 0. The summed E-state index contributed by atoms with van der Waals surface area (Å²) in [5.41, 5.74) is 0.0603. The van der Waals surface area contributed by atoms with Crippen LogP contribution in [0.1, 0.15) is 20.7 Å². The zero-order valence-corrected chi connectivity index (χ0v) is 11.4. The molecule has 0 radical (unpaired) electrons. The minimum absolute atomic E-state index is 0.0869. The summed E-state index contributed by atoms with van der Waals surface area (Å²) in [4.78, 5) is 35.2. The van der Waals surface area contributed by atoms with Gasteiger partial charge in [-0.1, -0.05) is 6.07 Å². The lowest BCUT2D eigenvalue weighted by Crippen LogP contribution is -2.11. The van der Waals surface area contributed by atoms with Crippen molar-refractivity contribution in [3.8, 4) is 11.3 Å². The third kappa shape index (κ3) is 2.84. The van der Waals surface area contributed by atoms with Crippen LogP contribution in [0.4, 0.5) is 0 Å². The van der Waals surface area contributed by atoms with Gasteiger partial charge < -0.3 is 13.9 Å². The third-order valence-corrected chi connectivity index (χ3v) is 2.82. The van der Waals surface area contributed by atoms with Gasteiger partial charge in [-0.2, -0.15) is 0 Å². The molecule has 0 atom stereocenters. The van der Waals surface area contributed by atoms with Crippen LogP contribution in [0.25, 0.3) is 11.3 Å². The molecule has 1 aromatic heterocycles. The van der Waals surface area contributed by atoms with Gasteiger partial charge in [-0.15, -0.1) is 0 Å². The lowest BCUT2D eigenvalue weighted by molar-refractivity contribution is 0.0600. The Balaban J connectivity index is 2.78. The summed E-state index contributed by atoms with van der Waals surface area (Å²) in [5, 5.41) is 0. The minimum Gasteiger partial charge on any atom is -0.465 e. The summed E-state index contributed by atoms with van der Waals surface area (Å²) in [6.07, 6.45) is 1.19. The molecule has 0 amide bonds. The molecule has 2 rings (SSSR count). The molecule has 6 nitrogen and oxygen atoms in total. The van der Waals surface area contributed by atoms with Gasteiger partial charge >= 0.3 is 11.9 Å². The first-order valence-electron chi connectivity index (χ1n) is 5.97. The Kier molecular flexibility index (Phi) is 4.18. The van der Waals surface area contributed by atoms with Gasteiger partial charge in [-0.3, -0.25) is 4.79 Å². The van der Waals surface area contributed by atoms with Crippen LogP contribution >= 0.6 is 0 Å². The predicted octanol–water partition coefficient (Wildman–Crippen LogP) is 1.88. The number of hydrogen-bond acceptors (Lipinski definition) is 6. The van der Waals surface area contributed by atoms with Crippen molar-refractivity contribution in [2.24, 2.45) is 0 Å². The zero-order valence-electron chi connectivity index (χ0n) is 11.4. The Morgan fingerprint density at radius 2 is 1.57 bits per heavy atom. The molecule has 0 unspecified atom stereocenters. The fraction of sp³-hybridized carbons (Fsp3) is 0.133. The normalized spacial score (nSPS) is 10.0. The standard InChI is InChI=1S/C15H12O6/c1-19-14(17)10-4-3-5-11(15(18)20-2)13(10)12-8-9(16)6-7-21-12/h3-8H,1-2H3. The molecule has 0 saturated heterocycles. The van der Waals surface area contributed by atoms with E-state index in [9.17, 15) is 14.4 Å². The van der Waals surface area contributed by atoms with Crippen LogP contribution in [-0.4, -0.2) is 26.2 Å². The van der Waals surface area contributed by atoms with Crippen molar-refractivity contribution < 1.29 is 23.5 Å². The largest absolute Gasteiger partial charge is 0.465 e. The molecule has 6 heteroatoms. The number of methoxy groups -OCH3 is 2. The molecule has 0 aliphatic rings. The fourth-order valence-corrected chi connectivity index (χ4v) is 1.89. The quantitative estimate of drug-likeness (QED) is 0.802. The second kappa shape index (κ2) is 6.04. The van der Waals surface area contributed by atoms with Crippen LogP contribution in [0.3, 0.4) is 0 Å². The van der Waals surface area contributed by atoms with Crippen molar-refractivity contribution in [1.29, 1.82) is 0 Å². The first-order valence-corrected chi connectivity index (χ1v) is 5.97. The van der Waals surface area contributed by atoms with E-state index in [0.717, 1.165) is 0 Å². The second-order valence-corrected chi connectivity index (χ2v) is 4.04. The van der Waals surface area contributed by atoms with E-state index in [0.29, 0.717) is 0 Å². The van der Waals surface area contributed by atoms with Crippen molar-refractivity contribution in [3.63, 3.8) is 0 Å². The lowest BCUT2D eigenvalue weighted by Gasteiger charge is -2.11. The SMILES string of the molecule is COC(=O)c1cccc(C(=O)OC)c1-c1cc(=O)cco1. The van der Waals surface area contributed by atoms with E-state index in [1.807, 2.05) is 0 Å². The van der Waals surface area contributed by atoms with E-state index < -0.39 is 11.9 Å². The third-order valence-electron chi connectivity index (χ3n) is 2.82. The van der Waals surface area contributed by atoms with Gasteiger partial charge in [0.25, 0.3) is 0 Å². The molecule has 108 valence electrons. The molecule has 21 heavy (non-hydrogen) atoms. The van der Waals surface area contributed by atoms with E-state index in [1.165, 1.54) is 50.8 Å². The van der Waals surface area contributed by atoms with Crippen LogP contribution in [0.2, 0.25) is 0 Å². The summed E-state index contributed by atoms with van der Waals surface area (Å²) in [7, 11) is 2.44. The Labute approximate surface area is 119 Å². The molecule has 0 aliphatic carbocycles. The Morgan fingerprint density at radius 3 is 2.05 bits per heavy atom. The number of rotatable bonds is 3. The highest BCUT2D eigenvalue weighted by atomic mass is 16.5. The average molecular weight is 288 g/mol. The van der Waals surface area contributed by atoms with Gasteiger partial charge in [-0.05, 0) is 12.1 Å². The number of hydrogen-bond donors (Lipinski definition) is 0. The molecule has 0 aliphatic heterocycles. The monoisotopic (exact) mass is 288 g/mol. The lowest BCUT2D eigenvalue weighted by atomic mass is 9.98. The topological polar surface area (TPSA) is 82.8 Å². The van der Waals surface area contributed by atoms with E-state index in [2.05, 4.69) is 9.47 Å². The van der Waals surface area contributed by atoms with Crippen LogP contribution in [0, 0.1) is 0 Å². The predicted molar refractivity (Wildman–Crippen MR) is 73.1 cm³/mol. The van der Waals surface area contributed by atoms with Crippen LogP contribution < -0.4 is 5.43 Å². The summed E-state index contributed by atoms with van der Waals surface area (Å²) in [5.74, 6) is -1.21. The molecule has 0 saturated carbocycles.